The van der Waals surface area contributed by atoms with Crippen LogP contribution < -0.4 is 4.31 Å². The Morgan fingerprint density at radius 2 is 1.76 bits per heavy atom. The average Bonchev–Trinajstić information content (AvgIpc) is 3.04. The van der Waals surface area contributed by atoms with Crippen molar-refractivity contribution in [1.29, 1.82) is 0 Å². The molecule has 10 heteroatoms. The van der Waals surface area contributed by atoms with Crippen LogP contribution in [-0.4, -0.2) is 67.2 Å². The summed E-state index contributed by atoms with van der Waals surface area (Å²) < 4.78 is 25.3. The van der Waals surface area contributed by atoms with Crippen molar-refractivity contribution in [3.05, 3.63) is 29.3 Å². The molecule has 2 heterocycles. The van der Waals surface area contributed by atoms with Gasteiger partial charge in [-0.05, 0) is 43.0 Å². The maximum atomic E-state index is 12.7. The SMILES string of the molecule is CC(C)CN1C(=O)C(=O)N(CC(=O)c2ccc3c(c2)C[C@H](C)N3S(C)(=O)=O)C1=O. The van der Waals surface area contributed by atoms with E-state index in [9.17, 15) is 27.6 Å². The van der Waals surface area contributed by atoms with E-state index in [4.69, 9.17) is 0 Å². The third kappa shape index (κ3) is 3.76. The standard InChI is InChI=1S/C19H23N3O6S/c1-11(2)9-20-17(24)18(25)21(19(20)26)10-16(23)13-5-6-15-14(8-13)7-12(3)22(15)29(4,27)28/h5-6,8,11-12H,7,9-10H2,1-4H3/t12-/m0/s1. The lowest BCUT2D eigenvalue weighted by molar-refractivity contribution is -0.143. The summed E-state index contributed by atoms with van der Waals surface area (Å²) in [5.41, 5.74) is 1.47. The number of rotatable bonds is 6. The molecule has 1 atom stereocenters. The number of imide groups is 2. The maximum absolute atomic E-state index is 12.7. The first-order valence-corrected chi connectivity index (χ1v) is 11.1. The summed E-state index contributed by atoms with van der Waals surface area (Å²) >= 11 is 0. The lowest BCUT2D eigenvalue weighted by Gasteiger charge is -2.22. The topological polar surface area (TPSA) is 112 Å². The third-order valence-electron chi connectivity index (χ3n) is 4.90. The van der Waals surface area contributed by atoms with E-state index in [2.05, 4.69) is 0 Å². The number of carbonyl (C=O) groups is 4. The first kappa shape index (κ1) is 21.0. The molecular formula is C19H23N3O6S. The summed E-state index contributed by atoms with van der Waals surface area (Å²) in [6.45, 7) is 4.96. The number of hydrogen-bond donors (Lipinski definition) is 0. The highest BCUT2D eigenvalue weighted by molar-refractivity contribution is 7.92. The van der Waals surface area contributed by atoms with Gasteiger partial charge in [-0.15, -0.1) is 0 Å². The van der Waals surface area contributed by atoms with Crippen LogP contribution >= 0.6 is 0 Å². The second-order valence-electron chi connectivity index (χ2n) is 7.86. The fraction of sp³-hybridized carbons (Fsp3) is 0.474. The van der Waals surface area contributed by atoms with E-state index in [1.165, 1.54) is 10.4 Å². The normalized spacial score (nSPS) is 19.6. The number of amides is 4. The Morgan fingerprint density at radius 3 is 2.34 bits per heavy atom. The number of ketones is 1. The van der Waals surface area contributed by atoms with Crippen LogP contribution in [0, 0.1) is 5.92 Å². The zero-order valence-corrected chi connectivity index (χ0v) is 17.5. The van der Waals surface area contributed by atoms with Crippen LogP contribution in [0.25, 0.3) is 0 Å². The number of Topliss-reactive ketones (excluding diaryl/α,β-unsaturated/α-hetero) is 1. The molecule has 1 fully saturated rings. The molecular weight excluding hydrogens is 398 g/mol. The van der Waals surface area contributed by atoms with Gasteiger partial charge >= 0.3 is 17.8 Å². The molecule has 29 heavy (non-hydrogen) atoms. The Kier molecular flexibility index (Phi) is 5.24. The number of anilines is 1. The van der Waals surface area contributed by atoms with Crippen molar-refractivity contribution in [2.45, 2.75) is 33.2 Å². The summed E-state index contributed by atoms with van der Waals surface area (Å²) in [6, 6.07) is 3.54. The zero-order valence-electron chi connectivity index (χ0n) is 16.7. The van der Waals surface area contributed by atoms with Crippen LogP contribution in [0.2, 0.25) is 0 Å². The van der Waals surface area contributed by atoms with Gasteiger partial charge in [0.15, 0.2) is 5.78 Å². The molecule has 0 saturated carbocycles. The Labute approximate surface area is 169 Å². The van der Waals surface area contributed by atoms with Crippen molar-refractivity contribution in [1.82, 2.24) is 9.80 Å². The van der Waals surface area contributed by atoms with E-state index in [1.807, 2.05) is 13.8 Å². The minimum atomic E-state index is -3.45. The van der Waals surface area contributed by atoms with Crippen LogP contribution in [0.4, 0.5) is 10.5 Å². The highest BCUT2D eigenvalue weighted by Crippen LogP contribution is 2.34. The molecule has 0 bridgehead atoms. The van der Waals surface area contributed by atoms with Crippen molar-refractivity contribution in [2.75, 3.05) is 23.7 Å². The van der Waals surface area contributed by atoms with Gasteiger partial charge in [0, 0.05) is 18.2 Å². The van der Waals surface area contributed by atoms with Crippen LogP contribution in [-0.2, 0) is 26.0 Å². The summed E-state index contributed by atoms with van der Waals surface area (Å²) in [5, 5.41) is 0. The number of sulfonamides is 1. The average molecular weight is 421 g/mol. The van der Waals surface area contributed by atoms with Gasteiger partial charge in [0.2, 0.25) is 10.0 Å². The van der Waals surface area contributed by atoms with Crippen LogP contribution in [0.15, 0.2) is 18.2 Å². The maximum Gasteiger partial charge on any atom is 0.334 e. The number of urea groups is 1. The third-order valence-corrected chi connectivity index (χ3v) is 6.17. The number of benzene rings is 1. The highest BCUT2D eigenvalue weighted by Gasteiger charge is 2.45. The van der Waals surface area contributed by atoms with Crippen LogP contribution in [0.3, 0.4) is 0 Å². The number of nitrogens with zero attached hydrogens (tertiary/aromatic N) is 3. The van der Waals surface area contributed by atoms with Gasteiger partial charge < -0.3 is 0 Å². The van der Waals surface area contributed by atoms with Gasteiger partial charge in [0.1, 0.15) is 0 Å². The van der Waals surface area contributed by atoms with E-state index in [-0.39, 0.29) is 24.1 Å². The van der Waals surface area contributed by atoms with Crippen LogP contribution in [0.1, 0.15) is 36.7 Å². The predicted molar refractivity (Wildman–Crippen MR) is 105 cm³/mol. The van der Waals surface area contributed by atoms with Crippen molar-refractivity contribution in [2.24, 2.45) is 5.92 Å². The van der Waals surface area contributed by atoms with Crippen molar-refractivity contribution in [3.63, 3.8) is 0 Å². The van der Waals surface area contributed by atoms with E-state index in [0.717, 1.165) is 11.2 Å². The number of carbonyl (C=O) groups excluding carboxylic acids is 4. The molecule has 3 rings (SSSR count). The first-order chi connectivity index (χ1) is 13.4. The summed E-state index contributed by atoms with van der Waals surface area (Å²) in [6.07, 6.45) is 1.58. The molecule has 9 nitrogen and oxygen atoms in total. The lowest BCUT2D eigenvalue weighted by atomic mass is 10.0. The molecule has 2 aliphatic heterocycles. The molecule has 156 valence electrons. The quantitative estimate of drug-likeness (QED) is 0.385. The molecule has 0 aliphatic carbocycles. The molecule has 4 amide bonds. The second kappa shape index (κ2) is 7.25. The minimum absolute atomic E-state index is 0.0113. The molecule has 0 N–H and O–H groups in total. The van der Waals surface area contributed by atoms with Gasteiger partial charge in [-0.25, -0.2) is 18.1 Å². The largest absolute Gasteiger partial charge is 0.334 e. The summed E-state index contributed by atoms with van der Waals surface area (Å²) in [7, 11) is -3.45. The minimum Gasteiger partial charge on any atom is -0.292 e. The summed E-state index contributed by atoms with van der Waals surface area (Å²) in [4.78, 5) is 50.8. The first-order valence-electron chi connectivity index (χ1n) is 9.24. The zero-order chi connectivity index (χ0) is 21.7. The molecule has 0 unspecified atom stereocenters. The summed E-state index contributed by atoms with van der Waals surface area (Å²) in [5.74, 6) is -2.45. The van der Waals surface area contributed by atoms with Crippen molar-refractivity contribution < 1.29 is 27.6 Å². The molecule has 1 saturated heterocycles. The highest BCUT2D eigenvalue weighted by atomic mass is 32.2. The smallest absolute Gasteiger partial charge is 0.292 e. The Bertz CT molecular complexity index is 1020. The van der Waals surface area contributed by atoms with E-state index in [1.54, 1.807) is 19.1 Å². The Balaban J connectivity index is 1.81. The van der Waals surface area contributed by atoms with Gasteiger partial charge in [0.25, 0.3) is 0 Å². The fourth-order valence-corrected chi connectivity index (χ4v) is 5.00. The second-order valence-corrected chi connectivity index (χ2v) is 9.72. The van der Waals surface area contributed by atoms with Gasteiger partial charge in [0.05, 0.1) is 18.5 Å². The predicted octanol–water partition coefficient (Wildman–Crippen LogP) is 1.03. The molecule has 0 spiro atoms. The van der Waals surface area contributed by atoms with E-state index < -0.39 is 40.2 Å². The molecule has 1 aromatic rings. The molecule has 0 aromatic heterocycles. The Hall–Kier alpha value is -2.75. The Morgan fingerprint density at radius 1 is 1.14 bits per heavy atom. The monoisotopic (exact) mass is 421 g/mol. The van der Waals surface area contributed by atoms with Crippen molar-refractivity contribution in [3.8, 4) is 0 Å². The van der Waals surface area contributed by atoms with Gasteiger partial charge in [-0.3, -0.25) is 23.6 Å². The molecule has 1 aromatic carbocycles. The van der Waals surface area contributed by atoms with Gasteiger partial charge in [-0.2, -0.15) is 0 Å². The van der Waals surface area contributed by atoms with E-state index >= 15 is 0 Å². The van der Waals surface area contributed by atoms with Crippen molar-refractivity contribution >= 4 is 39.3 Å². The number of hydrogen-bond acceptors (Lipinski definition) is 6. The fourth-order valence-electron chi connectivity index (χ4n) is 3.73. The van der Waals surface area contributed by atoms with E-state index in [0.29, 0.717) is 22.6 Å². The molecule has 2 aliphatic rings. The van der Waals surface area contributed by atoms with Gasteiger partial charge in [-0.1, -0.05) is 13.8 Å². The molecule has 0 radical (unpaired) electrons. The lowest BCUT2D eigenvalue weighted by Crippen LogP contribution is -2.38. The number of fused-ring (bicyclic) bond motifs is 1. The van der Waals surface area contributed by atoms with Crippen LogP contribution in [0.5, 0.6) is 0 Å².